The summed E-state index contributed by atoms with van der Waals surface area (Å²) < 4.78 is 5.32. The average Bonchev–Trinajstić information content (AvgIpc) is 2.95. The molecule has 1 fully saturated rings. The minimum absolute atomic E-state index is 0.0273. The second-order valence-corrected chi connectivity index (χ2v) is 7.31. The lowest BCUT2D eigenvalue weighted by atomic mass is 10.1. The topological polar surface area (TPSA) is 89.8 Å². The maximum absolute atomic E-state index is 12.8. The molecule has 1 aliphatic rings. The van der Waals surface area contributed by atoms with Gasteiger partial charge in [0.15, 0.2) is 4.32 Å². The number of benzene rings is 2. The number of thiocarbonyl (C=S) groups is 1. The monoisotopic (exact) mass is 414 g/mol. The fourth-order valence-corrected chi connectivity index (χ4v) is 3.82. The Morgan fingerprint density at radius 2 is 2.00 bits per heavy atom. The molecule has 1 aliphatic heterocycles. The summed E-state index contributed by atoms with van der Waals surface area (Å²) in [7, 11) is 0. The Morgan fingerprint density at radius 3 is 2.64 bits per heavy atom. The molecule has 0 N–H and O–H groups in total. The van der Waals surface area contributed by atoms with E-state index >= 15 is 0 Å². The lowest BCUT2D eigenvalue weighted by Crippen LogP contribution is -2.27. The molecule has 2 aromatic carbocycles. The molecule has 1 amide bonds. The number of nitro benzene ring substituents is 1. The molecule has 0 bridgehead atoms. The van der Waals surface area contributed by atoms with Crippen molar-refractivity contribution in [2.45, 2.75) is 6.92 Å². The maximum atomic E-state index is 12.8. The Labute approximate surface area is 170 Å². The summed E-state index contributed by atoms with van der Waals surface area (Å²) in [6.45, 7) is 1.97. The van der Waals surface area contributed by atoms with E-state index in [2.05, 4.69) is 0 Å². The Bertz CT molecular complexity index is 1000. The number of esters is 1. The summed E-state index contributed by atoms with van der Waals surface area (Å²) in [6.07, 6.45) is 1.62. The first-order valence-electron chi connectivity index (χ1n) is 8.20. The Morgan fingerprint density at radius 1 is 1.29 bits per heavy atom. The number of hydrogen-bond acceptors (Lipinski definition) is 7. The molecule has 3 rings (SSSR count). The molecule has 0 saturated carbocycles. The number of thioether (sulfide) groups is 1. The Balaban J connectivity index is 1.86. The highest BCUT2D eigenvalue weighted by atomic mass is 32.2. The van der Waals surface area contributed by atoms with Crippen LogP contribution in [0.3, 0.4) is 0 Å². The zero-order valence-corrected chi connectivity index (χ0v) is 16.3. The number of hydrogen-bond donors (Lipinski definition) is 0. The van der Waals surface area contributed by atoms with Crippen molar-refractivity contribution >= 4 is 57.6 Å². The van der Waals surface area contributed by atoms with E-state index in [9.17, 15) is 19.7 Å². The van der Waals surface area contributed by atoms with Crippen molar-refractivity contribution < 1.29 is 19.2 Å². The standard InChI is InChI=1S/C19H14N2O5S2/c1-2-26-18(23)13-4-3-5-15(11-13)20-17(22)16(28-19(20)27)10-12-6-8-14(9-7-12)21(24)25/h3-11H,2H2,1H3/b16-10+. The highest BCUT2D eigenvalue weighted by molar-refractivity contribution is 8.27. The van der Waals surface area contributed by atoms with Gasteiger partial charge in [0.05, 0.1) is 27.7 Å². The fourth-order valence-electron chi connectivity index (χ4n) is 2.52. The molecule has 2 aromatic rings. The zero-order valence-electron chi connectivity index (χ0n) is 14.7. The van der Waals surface area contributed by atoms with E-state index < -0.39 is 10.9 Å². The van der Waals surface area contributed by atoms with Crippen LogP contribution in [-0.2, 0) is 9.53 Å². The van der Waals surface area contributed by atoms with Crippen LogP contribution in [0.25, 0.3) is 6.08 Å². The van der Waals surface area contributed by atoms with E-state index in [1.54, 1.807) is 49.4 Å². The van der Waals surface area contributed by atoms with Crippen molar-refractivity contribution in [1.82, 2.24) is 0 Å². The van der Waals surface area contributed by atoms with Gasteiger partial charge in [-0.3, -0.25) is 19.8 Å². The molecular formula is C19H14N2O5S2. The van der Waals surface area contributed by atoms with Crippen LogP contribution in [0.4, 0.5) is 11.4 Å². The zero-order chi connectivity index (χ0) is 20.3. The summed E-state index contributed by atoms with van der Waals surface area (Å²) >= 11 is 6.46. The largest absolute Gasteiger partial charge is 0.462 e. The van der Waals surface area contributed by atoms with Gasteiger partial charge in [-0.2, -0.15) is 0 Å². The second-order valence-electron chi connectivity index (χ2n) is 5.64. The molecule has 0 unspecified atom stereocenters. The van der Waals surface area contributed by atoms with Crippen molar-refractivity contribution in [3.05, 3.63) is 74.7 Å². The summed E-state index contributed by atoms with van der Waals surface area (Å²) in [4.78, 5) is 36.8. The number of rotatable bonds is 5. The van der Waals surface area contributed by atoms with Crippen LogP contribution in [0.2, 0.25) is 0 Å². The van der Waals surface area contributed by atoms with Gasteiger partial charge in [-0.15, -0.1) is 0 Å². The molecule has 0 radical (unpaired) electrons. The predicted octanol–water partition coefficient (Wildman–Crippen LogP) is 4.18. The van der Waals surface area contributed by atoms with Crippen LogP contribution in [0, 0.1) is 10.1 Å². The third kappa shape index (κ3) is 4.10. The van der Waals surface area contributed by atoms with Gasteiger partial charge in [0.1, 0.15) is 0 Å². The van der Waals surface area contributed by atoms with Crippen molar-refractivity contribution in [2.24, 2.45) is 0 Å². The molecule has 0 atom stereocenters. The van der Waals surface area contributed by atoms with E-state index in [0.717, 1.165) is 11.8 Å². The maximum Gasteiger partial charge on any atom is 0.338 e. The predicted molar refractivity (Wildman–Crippen MR) is 111 cm³/mol. The first kappa shape index (κ1) is 19.7. The summed E-state index contributed by atoms with van der Waals surface area (Å²) in [5.74, 6) is -0.800. The van der Waals surface area contributed by atoms with Gasteiger partial charge in [-0.05, 0) is 48.9 Å². The van der Waals surface area contributed by atoms with Gasteiger partial charge in [0.2, 0.25) is 0 Å². The Hall–Kier alpha value is -3.04. The normalized spacial score (nSPS) is 15.2. The summed E-state index contributed by atoms with van der Waals surface area (Å²) in [5.41, 5.74) is 1.42. The van der Waals surface area contributed by atoms with Gasteiger partial charge >= 0.3 is 5.97 Å². The number of nitro groups is 1. The van der Waals surface area contributed by atoms with Crippen LogP contribution in [0.5, 0.6) is 0 Å². The fraction of sp³-hybridized carbons (Fsp3) is 0.105. The van der Waals surface area contributed by atoms with E-state index in [0.29, 0.717) is 26.0 Å². The molecule has 0 aliphatic carbocycles. The molecule has 142 valence electrons. The third-order valence-electron chi connectivity index (χ3n) is 3.81. The summed E-state index contributed by atoms with van der Waals surface area (Å²) in [6, 6.07) is 12.4. The van der Waals surface area contributed by atoms with Crippen LogP contribution >= 0.6 is 24.0 Å². The number of non-ortho nitro benzene ring substituents is 1. The summed E-state index contributed by atoms with van der Waals surface area (Å²) in [5, 5.41) is 10.7. The molecule has 1 heterocycles. The highest BCUT2D eigenvalue weighted by Gasteiger charge is 2.33. The second kappa shape index (κ2) is 8.32. The van der Waals surface area contributed by atoms with Gasteiger partial charge in [0, 0.05) is 12.1 Å². The quantitative estimate of drug-likeness (QED) is 0.238. The molecule has 1 saturated heterocycles. The number of nitrogens with zero attached hydrogens (tertiary/aromatic N) is 2. The van der Waals surface area contributed by atoms with Crippen LogP contribution in [0.1, 0.15) is 22.8 Å². The number of anilines is 1. The molecule has 0 aromatic heterocycles. The average molecular weight is 414 g/mol. The van der Waals surface area contributed by atoms with Crippen LogP contribution < -0.4 is 4.90 Å². The van der Waals surface area contributed by atoms with Gasteiger partial charge < -0.3 is 4.74 Å². The van der Waals surface area contributed by atoms with Crippen LogP contribution in [-0.4, -0.2) is 27.7 Å². The minimum atomic E-state index is -0.486. The molecule has 7 nitrogen and oxygen atoms in total. The van der Waals surface area contributed by atoms with Gasteiger partial charge in [-0.1, -0.05) is 30.0 Å². The van der Waals surface area contributed by atoms with E-state index in [4.69, 9.17) is 17.0 Å². The van der Waals surface area contributed by atoms with Crippen molar-refractivity contribution in [1.29, 1.82) is 0 Å². The van der Waals surface area contributed by atoms with Crippen molar-refractivity contribution in [3.8, 4) is 0 Å². The number of carbonyl (C=O) groups is 2. The SMILES string of the molecule is CCOC(=O)c1cccc(N2C(=O)/C(=C\c3ccc([N+](=O)[O-])cc3)SC2=S)c1. The lowest BCUT2D eigenvalue weighted by Gasteiger charge is -2.15. The van der Waals surface area contributed by atoms with Crippen molar-refractivity contribution in [3.63, 3.8) is 0 Å². The van der Waals surface area contributed by atoms with Crippen molar-refractivity contribution in [2.75, 3.05) is 11.5 Å². The minimum Gasteiger partial charge on any atom is -0.462 e. The van der Waals surface area contributed by atoms with Crippen LogP contribution in [0.15, 0.2) is 53.4 Å². The third-order valence-corrected chi connectivity index (χ3v) is 5.11. The van der Waals surface area contributed by atoms with E-state index in [1.165, 1.54) is 17.0 Å². The smallest absolute Gasteiger partial charge is 0.338 e. The number of carbonyl (C=O) groups excluding carboxylic acids is 2. The first-order valence-corrected chi connectivity index (χ1v) is 9.42. The first-order chi connectivity index (χ1) is 13.4. The highest BCUT2D eigenvalue weighted by Crippen LogP contribution is 2.36. The number of amides is 1. The van der Waals surface area contributed by atoms with Gasteiger partial charge in [0.25, 0.3) is 11.6 Å². The Kier molecular flexibility index (Phi) is 5.86. The number of ether oxygens (including phenoxy) is 1. The van der Waals surface area contributed by atoms with E-state index in [-0.39, 0.29) is 18.2 Å². The van der Waals surface area contributed by atoms with Gasteiger partial charge in [-0.25, -0.2) is 4.79 Å². The molecule has 28 heavy (non-hydrogen) atoms. The lowest BCUT2D eigenvalue weighted by molar-refractivity contribution is -0.384. The molecule has 0 spiro atoms. The molecule has 9 heteroatoms. The molecular weight excluding hydrogens is 400 g/mol. The van der Waals surface area contributed by atoms with E-state index in [1.807, 2.05) is 0 Å².